The van der Waals surface area contributed by atoms with Crippen LogP contribution >= 0.6 is 25.3 Å². The van der Waals surface area contributed by atoms with Crippen LogP contribution in [0.3, 0.4) is 0 Å². The highest BCUT2D eigenvalue weighted by Gasteiger charge is 2.21. The van der Waals surface area contributed by atoms with Crippen molar-refractivity contribution in [3.63, 3.8) is 0 Å². The number of unbranched alkanes of at least 4 members (excludes halogenated alkanes) is 1. The highest BCUT2D eigenvalue weighted by molar-refractivity contribution is 7.80. The van der Waals surface area contributed by atoms with Crippen molar-refractivity contribution >= 4 is 25.3 Å². The Balaban J connectivity index is 3.71. The fraction of sp³-hybridized carbons (Fsp3) is 0.769. The molecule has 0 radical (unpaired) electrons. The molecule has 0 saturated heterocycles. The van der Waals surface area contributed by atoms with Gasteiger partial charge in [-0.05, 0) is 19.3 Å². The zero-order valence-corrected chi connectivity index (χ0v) is 14.4. The topological polar surface area (TPSA) is 66.0 Å². The van der Waals surface area contributed by atoms with E-state index >= 15 is 0 Å². The van der Waals surface area contributed by atoms with Crippen molar-refractivity contribution in [3.05, 3.63) is 31.5 Å². The van der Waals surface area contributed by atoms with Gasteiger partial charge in [0, 0.05) is 6.54 Å². The van der Waals surface area contributed by atoms with Crippen LogP contribution in [-0.4, -0.2) is 13.7 Å². The van der Waals surface area contributed by atoms with E-state index in [9.17, 15) is 14.4 Å². The minimum Gasteiger partial charge on any atom is -0.247 e. The molecule has 0 fully saturated rings. The number of hydrogen-bond acceptors (Lipinski definition) is 5. The minimum atomic E-state index is -0.638. The van der Waals surface area contributed by atoms with Gasteiger partial charge in [0.15, 0.2) is 0 Å². The monoisotopic (exact) mass is 333 g/mol. The van der Waals surface area contributed by atoms with Crippen molar-refractivity contribution in [3.8, 4) is 0 Å². The van der Waals surface area contributed by atoms with Crippen LogP contribution in [0.2, 0.25) is 0 Å². The molecule has 21 heavy (non-hydrogen) atoms. The first-order valence-electron chi connectivity index (χ1n) is 7.24. The van der Waals surface area contributed by atoms with Crippen molar-refractivity contribution in [1.29, 1.82) is 0 Å². The molecule has 0 spiro atoms. The van der Waals surface area contributed by atoms with Gasteiger partial charge in [-0.3, -0.25) is 0 Å². The van der Waals surface area contributed by atoms with Crippen LogP contribution in [0, 0.1) is 0 Å². The quantitative estimate of drug-likeness (QED) is 0.746. The summed E-state index contributed by atoms with van der Waals surface area (Å²) in [5.74, 6) is 0. The Bertz CT molecular complexity index is 599. The molecule has 0 amide bonds. The second kappa shape index (κ2) is 7.93. The molecule has 0 aromatic carbocycles. The van der Waals surface area contributed by atoms with Gasteiger partial charge < -0.3 is 0 Å². The molecule has 0 aliphatic heterocycles. The smallest absolute Gasteiger partial charge is 0.247 e. The third kappa shape index (κ3) is 3.66. The molecule has 6 nitrogen and oxygen atoms in total. The Labute approximate surface area is 134 Å². The molecule has 8 heteroatoms. The summed E-state index contributed by atoms with van der Waals surface area (Å²) < 4.78 is 3.20. The molecule has 1 aromatic heterocycles. The van der Waals surface area contributed by atoms with Crippen LogP contribution in [-0.2, 0) is 6.54 Å². The van der Waals surface area contributed by atoms with Crippen molar-refractivity contribution in [2.45, 2.75) is 63.7 Å². The maximum absolute atomic E-state index is 12.5. The fourth-order valence-electron chi connectivity index (χ4n) is 2.00. The number of thiol groups is 2. The van der Waals surface area contributed by atoms with E-state index in [0.717, 1.165) is 20.1 Å². The van der Waals surface area contributed by atoms with Gasteiger partial charge in [-0.2, -0.15) is 25.3 Å². The summed E-state index contributed by atoms with van der Waals surface area (Å²) in [5, 5.41) is -1.11. The van der Waals surface area contributed by atoms with E-state index < -0.39 is 27.8 Å². The molecule has 2 atom stereocenters. The van der Waals surface area contributed by atoms with Crippen LogP contribution in [0.25, 0.3) is 0 Å². The number of hydrogen-bond donors (Lipinski definition) is 2. The van der Waals surface area contributed by atoms with E-state index in [2.05, 4.69) is 25.3 Å². The first-order valence-corrected chi connectivity index (χ1v) is 8.27. The summed E-state index contributed by atoms with van der Waals surface area (Å²) in [6.07, 6.45) is 2.56. The second-order valence-electron chi connectivity index (χ2n) is 4.87. The summed E-state index contributed by atoms with van der Waals surface area (Å²) in [6.45, 7) is 5.92. The normalized spacial score (nSPS) is 14.1. The summed E-state index contributed by atoms with van der Waals surface area (Å²) in [7, 11) is 0. The molecule has 2 unspecified atom stereocenters. The number of aromatic nitrogens is 3. The minimum absolute atomic E-state index is 0.295. The van der Waals surface area contributed by atoms with E-state index in [1.54, 1.807) is 0 Å². The molecular formula is C13H23N3O3S2. The maximum atomic E-state index is 12.5. The Morgan fingerprint density at radius 2 is 1.29 bits per heavy atom. The van der Waals surface area contributed by atoms with Crippen molar-refractivity contribution in [2.24, 2.45) is 0 Å². The van der Waals surface area contributed by atoms with Crippen molar-refractivity contribution < 1.29 is 0 Å². The number of nitrogens with zero attached hydrogens (tertiary/aromatic N) is 3. The molecule has 120 valence electrons. The lowest BCUT2D eigenvalue weighted by Crippen LogP contribution is -2.55. The summed E-state index contributed by atoms with van der Waals surface area (Å²) in [4.78, 5) is 37.3. The highest BCUT2D eigenvalue weighted by atomic mass is 32.1. The largest absolute Gasteiger partial charge is 0.338 e. The van der Waals surface area contributed by atoms with Crippen LogP contribution < -0.4 is 17.1 Å². The van der Waals surface area contributed by atoms with Gasteiger partial charge in [0.05, 0.1) is 10.7 Å². The first kappa shape index (κ1) is 18.2. The predicted octanol–water partition coefficient (Wildman–Crippen LogP) is 1.65. The third-order valence-electron chi connectivity index (χ3n) is 3.35. The lowest BCUT2D eigenvalue weighted by atomic mass is 10.3. The van der Waals surface area contributed by atoms with Gasteiger partial charge >= 0.3 is 17.1 Å². The Kier molecular flexibility index (Phi) is 6.86. The van der Waals surface area contributed by atoms with Gasteiger partial charge in [0.2, 0.25) is 0 Å². The molecule has 0 bridgehead atoms. The third-order valence-corrected chi connectivity index (χ3v) is 4.54. The Morgan fingerprint density at radius 3 is 1.62 bits per heavy atom. The standard InChI is InChI=1S/C13H23N3O3S2/c1-4-7-8-14-11(17)15(9(20)5-2)13(19)16(12(14)18)10(21)6-3/h9-10,20-21H,4-8H2,1-3H3. The van der Waals surface area contributed by atoms with E-state index in [4.69, 9.17) is 0 Å². The Morgan fingerprint density at radius 1 is 0.857 bits per heavy atom. The van der Waals surface area contributed by atoms with Crippen LogP contribution in [0.5, 0.6) is 0 Å². The molecular weight excluding hydrogens is 310 g/mol. The maximum Gasteiger partial charge on any atom is 0.338 e. The van der Waals surface area contributed by atoms with E-state index in [1.807, 2.05) is 20.8 Å². The van der Waals surface area contributed by atoms with Crippen LogP contribution in [0.1, 0.15) is 57.2 Å². The van der Waals surface area contributed by atoms with Gasteiger partial charge in [-0.1, -0.05) is 27.2 Å². The lowest BCUT2D eigenvalue weighted by molar-refractivity contribution is 0.426. The zero-order valence-electron chi connectivity index (χ0n) is 12.7. The number of rotatable bonds is 7. The highest BCUT2D eigenvalue weighted by Crippen LogP contribution is 2.13. The zero-order chi connectivity index (χ0) is 16.2. The van der Waals surface area contributed by atoms with Gasteiger partial charge in [-0.15, -0.1) is 0 Å². The molecule has 1 aromatic rings. The van der Waals surface area contributed by atoms with Crippen LogP contribution in [0.15, 0.2) is 14.4 Å². The SMILES string of the molecule is CCCCn1c(=O)n(C(S)CC)c(=O)n(C(S)CC)c1=O. The van der Waals surface area contributed by atoms with E-state index in [1.165, 1.54) is 0 Å². The van der Waals surface area contributed by atoms with E-state index in [-0.39, 0.29) is 0 Å². The average Bonchev–Trinajstić information content (AvgIpc) is 2.46. The van der Waals surface area contributed by atoms with Gasteiger partial charge in [0.1, 0.15) is 0 Å². The predicted molar refractivity (Wildman–Crippen MR) is 90.8 cm³/mol. The summed E-state index contributed by atoms with van der Waals surface area (Å²) >= 11 is 8.57. The Hall–Kier alpha value is -0.890. The fourth-order valence-corrected chi connectivity index (χ4v) is 2.40. The molecule has 0 N–H and O–H groups in total. The van der Waals surface area contributed by atoms with Crippen molar-refractivity contribution in [1.82, 2.24) is 13.7 Å². The lowest BCUT2D eigenvalue weighted by Gasteiger charge is -2.19. The molecule has 0 aliphatic carbocycles. The van der Waals surface area contributed by atoms with E-state index in [0.29, 0.717) is 25.8 Å². The molecule has 0 saturated carbocycles. The molecule has 0 aliphatic rings. The van der Waals surface area contributed by atoms with Gasteiger partial charge in [-0.25, -0.2) is 28.1 Å². The van der Waals surface area contributed by atoms with Crippen molar-refractivity contribution in [2.75, 3.05) is 0 Å². The average molecular weight is 333 g/mol. The molecule has 1 rings (SSSR count). The van der Waals surface area contributed by atoms with Gasteiger partial charge in [0.25, 0.3) is 0 Å². The van der Waals surface area contributed by atoms with Crippen LogP contribution in [0.4, 0.5) is 0 Å². The summed E-state index contributed by atoms with van der Waals surface area (Å²) in [5.41, 5.74) is -1.82. The first-order chi connectivity index (χ1) is 9.90. The molecule has 1 heterocycles. The summed E-state index contributed by atoms with van der Waals surface area (Å²) in [6, 6.07) is 0. The second-order valence-corrected chi connectivity index (χ2v) is 6.06.